The minimum absolute atomic E-state index is 0.0579. The largest absolute Gasteiger partial charge is 0.379 e. The van der Waals surface area contributed by atoms with Gasteiger partial charge in [0.05, 0.1) is 37.8 Å². The second-order valence-corrected chi connectivity index (χ2v) is 10.3. The number of hydrogen-bond donors (Lipinski definition) is 1. The van der Waals surface area contributed by atoms with Crippen molar-refractivity contribution in [2.75, 3.05) is 31.3 Å². The second-order valence-electron chi connectivity index (χ2n) is 8.49. The highest BCUT2D eigenvalue weighted by Gasteiger charge is 2.30. The maximum atomic E-state index is 12.0. The lowest BCUT2D eigenvalue weighted by molar-refractivity contribution is -0.129. The van der Waals surface area contributed by atoms with Crippen LogP contribution in [0.2, 0.25) is 0 Å². The molecule has 1 atom stereocenters. The van der Waals surface area contributed by atoms with Crippen molar-refractivity contribution in [2.24, 2.45) is 0 Å². The van der Waals surface area contributed by atoms with Gasteiger partial charge >= 0.3 is 0 Å². The molecule has 1 unspecified atom stereocenters. The lowest BCUT2D eigenvalue weighted by Gasteiger charge is -2.27. The Hall–Kier alpha value is -3.18. The third-order valence-corrected chi connectivity index (χ3v) is 7.04. The van der Waals surface area contributed by atoms with Crippen LogP contribution in [0.1, 0.15) is 30.6 Å². The van der Waals surface area contributed by atoms with Crippen molar-refractivity contribution in [3.63, 3.8) is 0 Å². The van der Waals surface area contributed by atoms with Crippen LogP contribution in [-0.2, 0) is 32.5 Å². The molecule has 1 aromatic carbocycles. The molecule has 1 fully saturated rings. The number of benzene rings is 1. The summed E-state index contributed by atoms with van der Waals surface area (Å²) in [6, 6.07) is 7.86. The molecule has 11 heteroatoms. The zero-order chi connectivity index (χ0) is 23.2. The summed E-state index contributed by atoms with van der Waals surface area (Å²) in [5.74, 6) is 0.808. The van der Waals surface area contributed by atoms with Crippen molar-refractivity contribution in [1.82, 2.24) is 23.9 Å². The van der Waals surface area contributed by atoms with Gasteiger partial charge in [-0.05, 0) is 24.1 Å². The highest BCUT2D eigenvalue weighted by Crippen LogP contribution is 2.33. The van der Waals surface area contributed by atoms with Crippen LogP contribution in [0.3, 0.4) is 0 Å². The van der Waals surface area contributed by atoms with Crippen molar-refractivity contribution in [3.8, 4) is 11.1 Å². The Morgan fingerprint density at radius 1 is 1.21 bits per heavy atom. The number of fused-ring (bicyclic) bond motifs is 1. The van der Waals surface area contributed by atoms with Gasteiger partial charge in [-0.25, -0.2) is 8.42 Å². The highest BCUT2D eigenvalue weighted by molar-refractivity contribution is 7.89. The molecule has 2 aliphatic heterocycles. The number of rotatable bonds is 5. The number of nitrogens with zero attached hydrogens (tertiary/aromatic N) is 5. The summed E-state index contributed by atoms with van der Waals surface area (Å²) in [6.07, 6.45) is 5.84. The molecular formula is C22H26N6O4S. The van der Waals surface area contributed by atoms with E-state index in [0.717, 1.165) is 58.1 Å². The molecule has 0 saturated carbocycles. The van der Waals surface area contributed by atoms with Crippen LogP contribution in [0.5, 0.6) is 0 Å². The van der Waals surface area contributed by atoms with Crippen LogP contribution in [0.15, 0.2) is 36.7 Å². The molecule has 4 heterocycles. The van der Waals surface area contributed by atoms with Crippen LogP contribution in [0, 0.1) is 0 Å². The molecule has 1 amide bonds. The maximum absolute atomic E-state index is 12.0. The summed E-state index contributed by atoms with van der Waals surface area (Å²) in [4.78, 5) is 13.8. The van der Waals surface area contributed by atoms with Gasteiger partial charge in [-0.1, -0.05) is 12.1 Å². The minimum Gasteiger partial charge on any atom is -0.379 e. The van der Waals surface area contributed by atoms with Crippen molar-refractivity contribution >= 4 is 27.4 Å². The van der Waals surface area contributed by atoms with E-state index in [-0.39, 0.29) is 11.9 Å². The summed E-state index contributed by atoms with van der Waals surface area (Å²) in [5.41, 5.74) is 4.63. The van der Waals surface area contributed by atoms with Gasteiger partial charge in [0.25, 0.3) is 10.0 Å². The average Bonchev–Trinajstić information content (AvgIpc) is 3.54. The van der Waals surface area contributed by atoms with Crippen molar-refractivity contribution in [1.29, 1.82) is 0 Å². The summed E-state index contributed by atoms with van der Waals surface area (Å²) >= 11 is 0. The maximum Gasteiger partial charge on any atom is 0.250 e. The van der Waals surface area contributed by atoms with Gasteiger partial charge in [-0.2, -0.15) is 14.3 Å². The van der Waals surface area contributed by atoms with Crippen LogP contribution < -0.4 is 5.32 Å². The molecule has 0 radical (unpaired) electrons. The van der Waals surface area contributed by atoms with Crippen molar-refractivity contribution in [2.45, 2.75) is 32.4 Å². The van der Waals surface area contributed by atoms with E-state index in [1.807, 2.05) is 29.2 Å². The van der Waals surface area contributed by atoms with Gasteiger partial charge in [-0.15, -0.1) is 0 Å². The summed E-state index contributed by atoms with van der Waals surface area (Å²) in [5, 5.41) is 12.2. The smallest absolute Gasteiger partial charge is 0.250 e. The van der Waals surface area contributed by atoms with Crippen LogP contribution >= 0.6 is 0 Å². The fourth-order valence-electron chi connectivity index (χ4n) is 4.35. The molecular weight excluding hydrogens is 444 g/mol. The summed E-state index contributed by atoms with van der Waals surface area (Å²) < 4.78 is 31.9. The molecule has 5 rings (SSSR count). The van der Waals surface area contributed by atoms with E-state index in [1.165, 1.54) is 12.4 Å². The van der Waals surface area contributed by atoms with E-state index in [4.69, 9.17) is 9.84 Å². The molecule has 3 aromatic rings. The molecule has 0 bridgehead atoms. The first-order valence-corrected chi connectivity index (χ1v) is 12.7. The topological polar surface area (TPSA) is 111 Å². The Balaban J connectivity index is 1.42. The predicted octanol–water partition coefficient (Wildman–Crippen LogP) is 2.16. The number of hydrogen-bond acceptors (Lipinski definition) is 7. The third-order valence-electron chi connectivity index (χ3n) is 6.16. The van der Waals surface area contributed by atoms with E-state index < -0.39 is 10.0 Å². The van der Waals surface area contributed by atoms with Crippen LogP contribution in [0.4, 0.5) is 11.5 Å². The summed E-state index contributed by atoms with van der Waals surface area (Å²) in [6.45, 7) is 4.21. The van der Waals surface area contributed by atoms with Gasteiger partial charge in [-0.3, -0.25) is 9.48 Å². The Kier molecular flexibility index (Phi) is 5.45. The lowest BCUT2D eigenvalue weighted by Crippen LogP contribution is -2.35. The number of carbonyl (C=O) groups excluding carboxylic acids is 1. The zero-order valence-electron chi connectivity index (χ0n) is 18.6. The number of ether oxygens (including phenoxy) is 1. The van der Waals surface area contributed by atoms with E-state index in [9.17, 15) is 13.2 Å². The number of anilines is 2. The number of carbonyl (C=O) groups is 1. The van der Waals surface area contributed by atoms with E-state index in [1.54, 1.807) is 6.92 Å². The summed E-state index contributed by atoms with van der Waals surface area (Å²) in [7, 11) is -3.42. The first kappa shape index (κ1) is 21.7. The Bertz CT molecular complexity index is 1290. The van der Waals surface area contributed by atoms with E-state index >= 15 is 0 Å². The molecule has 1 N–H and O–H groups in total. The fourth-order valence-corrected chi connectivity index (χ4v) is 4.87. The molecule has 10 nitrogen and oxygen atoms in total. The Morgan fingerprint density at radius 3 is 2.64 bits per heavy atom. The van der Waals surface area contributed by atoms with Gasteiger partial charge in [0.2, 0.25) is 5.91 Å². The molecule has 174 valence electrons. The first-order chi connectivity index (χ1) is 15.8. The molecule has 2 aromatic heterocycles. The van der Waals surface area contributed by atoms with Gasteiger partial charge in [0, 0.05) is 49.0 Å². The van der Waals surface area contributed by atoms with Crippen LogP contribution in [0.25, 0.3) is 11.1 Å². The average molecular weight is 471 g/mol. The molecule has 2 aliphatic rings. The van der Waals surface area contributed by atoms with Gasteiger partial charge in [0.15, 0.2) is 5.82 Å². The second kappa shape index (κ2) is 8.31. The monoisotopic (exact) mass is 470 g/mol. The first-order valence-electron chi connectivity index (χ1n) is 10.9. The normalized spacial score (nSPS) is 18.4. The lowest BCUT2D eigenvalue weighted by atomic mass is 10.1. The zero-order valence-corrected chi connectivity index (χ0v) is 19.4. The molecule has 1 saturated heterocycles. The Labute approximate surface area is 192 Å². The number of nitrogens with one attached hydrogen (secondary N) is 1. The quantitative estimate of drug-likeness (QED) is 0.608. The Morgan fingerprint density at radius 2 is 2.00 bits per heavy atom. The SMILES string of the molecule is CC(=O)N1CCc2c(c(Nc3ccc(-c4cnn(S(C)(=O)=O)c4)cc3)nn2C2CCOC2)C1. The van der Waals surface area contributed by atoms with E-state index in [0.29, 0.717) is 25.3 Å². The van der Waals surface area contributed by atoms with Crippen molar-refractivity contribution in [3.05, 3.63) is 47.9 Å². The molecule has 0 spiro atoms. The number of aromatic nitrogens is 4. The van der Waals surface area contributed by atoms with Crippen LogP contribution in [-0.4, -0.2) is 64.2 Å². The molecule has 0 aliphatic carbocycles. The minimum atomic E-state index is -3.42. The van der Waals surface area contributed by atoms with Gasteiger partial charge in [0.1, 0.15) is 0 Å². The fraction of sp³-hybridized carbons (Fsp3) is 0.409. The highest BCUT2D eigenvalue weighted by atomic mass is 32.2. The third kappa shape index (κ3) is 4.25. The predicted molar refractivity (Wildman–Crippen MR) is 123 cm³/mol. The van der Waals surface area contributed by atoms with Crippen molar-refractivity contribution < 1.29 is 17.9 Å². The van der Waals surface area contributed by atoms with Gasteiger partial charge < -0.3 is 15.0 Å². The number of amides is 1. The molecule has 33 heavy (non-hydrogen) atoms. The standard InChI is InChI=1S/C22H26N6O4S/c1-15(29)26-9-7-21-20(13-26)22(25-28(21)19-8-10-32-14-19)24-18-5-3-16(4-6-18)17-11-23-27(12-17)33(2,30)31/h3-6,11-12,19H,7-10,13-14H2,1-2H3,(H,24,25). The van der Waals surface area contributed by atoms with E-state index in [2.05, 4.69) is 15.1 Å².